The van der Waals surface area contributed by atoms with Gasteiger partial charge in [0.15, 0.2) is 0 Å². The summed E-state index contributed by atoms with van der Waals surface area (Å²) in [7, 11) is 0. The molecule has 0 radical (unpaired) electrons. The van der Waals surface area contributed by atoms with Crippen LogP contribution in [-0.4, -0.2) is 49.3 Å². The molecule has 0 amide bonds. The van der Waals surface area contributed by atoms with Crippen LogP contribution in [-0.2, 0) is 4.74 Å². The van der Waals surface area contributed by atoms with Crippen molar-refractivity contribution in [1.82, 2.24) is 10.2 Å². The minimum Gasteiger partial charge on any atom is -0.372 e. The monoisotopic (exact) mass is 224 g/mol. The molecule has 1 saturated carbocycles. The summed E-state index contributed by atoms with van der Waals surface area (Å²) >= 11 is 0. The van der Waals surface area contributed by atoms with Crippen LogP contribution in [0.5, 0.6) is 0 Å². The van der Waals surface area contributed by atoms with Crippen LogP contribution in [0.4, 0.5) is 0 Å². The van der Waals surface area contributed by atoms with E-state index in [-0.39, 0.29) is 0 Å². The maximum Gasteiger partial charge on any atom is 0.0707 e. The number of hydrogen-bond donors (Lipinski definition) is 1. The Balaban J connectivity index is 1.35. The highest BCUT2D eigenvalue weighted by Gasteiger charge is 2.33. The molecule has 3 unspecified atom stereocenters. The highest BCUT2D eigenvalue weighted by Crippen LogP contribution is 2.32. The van der Waals surface area contributed by atoms with Gasteiger partial charge in [0, 0.05) is 32.2 Å². The first-order valence-electron chi connectivity index (χ1n) is 6.92. The van der Waals surface area contributed by atoms with Gasteiger partial charge in [0.2, 0.25) is 0 Å². The third kappa shape index (κ3) is 2.58. The number of rotatable bonds is 5. The van der Waals surface area contributed by atoms with Gasteiger partial charge < -0.3 is 10.1 Å². The van der Waals surface area contributed by atoms with Crippen molar-refractivity contribution in [3.8, 4) is 0 Å². The summed E-state index contributed by atoms with van der Waals surface area (Å²) in [5.74, 6) is 0.973. The number of nitrogens with one attached hydrogen (secondary N) is 1. The van der Waals surface area contributed by atoms with E-state index >= 15 is 0 Å². The summed E-state index contributed by atoms with van der Waals surface area (Å²) in [6, 6.07) is 0.734. The number of morpholine rings is 1. The molecule has 3 atom stereocenters. The van der Waals surface area contributed by atoms with Crippen LogP contribution in [0.2, 0.25) is 0 Å². The Kier molecular flexibility index (Phi) is 3.18. The maximum atomic E-state index is 5.84. The third-order valence-electron chi connectivity index (χ3n) is 4.34. The second kappa shape index (κ2) is 4.63. The van der Waals surface area contributed by atoms with E-state index in [2.05, 4.69) is 17.1 Å². The van der Waals surface area contributed by atoms with Crippen molar-refractivity contribution < 1.29 is 4.74 Å². The van der Waals surface area contributed by atoms with Gasteiger partial charge in [0.1, 0.15) is 0 Å². The fraction of sp³-hybridized carbons (Fsp3) is 1.00. The Morgan fingerprint density at radius 3 is 2.50 bits per heavy atom. The van der Waals surface area contributed by atoms with E-state index in [1.165, 1.54) is 32.2 Å². The minimum absolute atomic E-state index is 0.541. The number of fused-ring (bicyclic) bond motifs is 2. The first kappa shape index (κ1) is 11.0. The van der Waals surface area contributed by atoms with Crippen molar-refractivity contribution >= 4 is 0 Å². The largest absolute Gasteiger partial charge is 0.372 e. The Hall–Kier alpha value is -0.120. The third-order valence-corrected chi connectivity index (χ3v) is 4.34. The van der Waals surface area contributed by atoms with Gasteiger partial charge >= 0.3 is 0 Å². The Morgan fingerprint density at radius 2 is 1.88 bits per heavy atom. The van der Waals surface area contributed by atoms with E-state index in [9.17, 15) is 0 Å². The SMILES string of the molecule is CC(NCCN1CC2CCC(C1)O2)C1CC1. The lowest BCUT2D eigenvalue weighted by Gasteiger charge is -2.32. The van der Waals surface area contributed by atoms with Gasteiger partial charge in [-0.1, -0.05) is 0 Å². The molecule has 3 fully saturated rings. The van der Waals surface area contributed by atoms with Crippen LogP contribution in [0.3, 0.4) is 0 Å². The average Bonchev–Trinajstić information content (AvgIpc) is 3.06. The lowest BCUT2D eigenvalue weighted by atomic mass is 10.2. The minimum atomic E-state index is 0.541. The molecule has 92 valence electrons. The van der Waals surface area contributed by atoms with Crippen LogP contribution >= 0.6 is 0 Å². The van der Waals surface area contributed by atoms with Gasteiger partial charge in [-0.15, -0.1) is 0 Å². The van der Waals surface area contributed by atoms with Gasteiger partial charge in [0.25, 0.3) is 0 Å². The fourth-order valence-corrected chi connectivity index (χ4v) is 3.09. The van der Waals surface area contributed by atoms with E-state index in [0.29, 0.717) is 12.2 Å². The van der Waals surface area contributed by atoms with Crippen LogP contribution in [0.25, 0.3) is 0 Å². The first-order valence-corrected chi connectivity index (χ1v) is 6.92. The maximum absolute atomic E-state index is 5.84. The lowest BCUT2D eigenvalue weighted by Crippen LogP contribution is -2.46. The van der Waals surface area contributed by atoms with E-state index in [1.807, 2.05) is 0 Å². The molecule has 2 aliphatic heterocycles. The zero-order valence-corrected chi connectivity index (χ0v) is 10.3. The molecule has 3 rings (SSSR count). The summed E-state index contributed by atoms with van der Waals surface area (Å²) in [6.07, 6.45) is 6.53. The van der Waals surface area contributed by atoms with E-state index in [0.717, 1.165) is 31.6 Å². The van der Waals surface area contributed by atoms with Crippen LogP contribution in [0, 0.1) is 5.92 Å². The molecule has 1 aliphatic carbocycles. The molecule has 3 aliphatic rings. The van der Waals surface area contributed by atoms with Crippen molar-refractivity contribution in [2.75, 3.05) is 26.2 Å². The molecule has 0 aromatic heterocycles. The summed E-state index contributed by atoms with van der Waals surface area (Å²) in [5, 5.41) is 3.66. The molecule has 2 bridgehead atoms. The summed E-state index contributed by atoms with van der Waals surface area (Å²) in [4.78, 5) is 2.58. The molecule has 2 saturated heterocycles. The highest BCUT2D eigenvalue weighted by molar-refractivity contribution is 4.86. The normalized spacial score (nSPS) is 36.6. The number of hydrogen-bond acceptors (Lipinski definition) is 3. The molecule has 0 aromatic rings. The molecule has 3 nitrogen and oxygen atoms in total. The standard InChI is InChI=1S/C13H24N2O/c1-10(11-2-3-11)14-6-7-15-8-12-4-5-13(9-15)16-12/h10-14H,2-9H2,1H3. The van der Waals surface area contributed by atoms with Crippen molar-refractivity contribution in [1.29, 1.82) is 0 Å². The molecular weight excluding hydrogens is 200 g/mol. The second-order valence-electron chi connectivity index (χ2n) is 5.80. The molecule has 0 spiro atoms. The van der Waals surface area contributed by atoms with Crippen molar-refractivity contribution in [3.05, 3.63) is 0 Å². The quantitative estimate of drug-likeness (QED) is 0.760. The van der Waals surface area contributed by atoms with Gasteiger partial charge in [-0.05, 0) is 38.5 Å². The smallest absolute Gasteiger partial charge is 0.0707 e. The van der Waals surface area contributed by atoms with Crippen molar-refractivity contribution in [3.63, 3.8) is 0 Å². The van der Waals surface area contributed by atoms with Crippen LogP contribution in [0.15, 0.2) is 0 Å². The molecule has 3 heteroatoms. The second-order valence-corrected chi connectivity index (χ2v) is 5.80. The van der Waals surface area contributed by atoms with Gasteiger partial charge in [0.05, 0.1) is 12.2 Å². The fourth-order valence-electron chi connectivity index (χ4n) is 3.09. The Bertz CT molecular complexity index is 230. The summed E-state index contributed by atoms with van der Waals surface area (Å²) in [6.45, 7) is 7.01. The predicted octanol–water partition coefficient (Wildman–Crippen LogP) is 1.24. The van der Waals surface area contributed by atoms with E-state index in [1.54, 1.807) is 0 Å². The molecular formula is C13H24N2O. The van der Waals surface area contributed by atoms with Crippen LogP contribution < -0.4 is 5.32 Å². The van der Waals surface area contributed by atoms with Crippen molar-refractivity contribution in [2.24, 2.45) is 5.92 Å². The highest BCUT2D eigenvalue weighted by atomic mass is 16.5. The number of likely N-dealkylation sites (tertiary alicyclic amines) is 1. The Morgan fingerprint density at radius 1 is 1.19 bits per heavy atom. The Labute approximate surface area is 98.5 Å². The lowest BCUT2D eigenvalue weighted by molar-refractivity contribution is -0.0378. The average molecular weight is 224 g/mol. The molecule has 1 N–H and O–H groups in total. The van der Waals surface area contributed by atoms with Gasteiger partial charge in [-0.2, -0.15) is 0 Å². The van der Waals surface area contributed by atoms with E-state index in [4.69, 9.17) is 4.74 Å². The van der Waals surface area contributed by atoms with Gasteiger partial charge in [-0.3, -0.25) is 4.90 Å². The summed E-state index contributed by atoms with van der Waals surface area (Å²) in [5.41, 5.74) is 0. The van der Waals surface area contributed by atoms with E-state index < -0.39 is 0 Å². The zero-order valence-electron chi connectivity index (χ0n) is 10.3. The number of nitrogens with zero attached hydrogens (tertiary/aromatic N) is 1. The molecule has 0 aromatic carbocycles. The topological polar surface area (TPSA) is 24.5 Å². The zero-order chi connectivity index (χ0) is 11.0. The molecule has 2 heterocycles. The first-order chi connectivity index (χ1) is 7.81. The molecule has 16 heavy (non-hydrogen) atoms. The van der Waals surface area contributed by atoms with Crippen LogP contribution in [0.1, 0.15) is 32.6 Å². The van der Waals surface area contributed by atoms with Gasteiger partial charge in [-0.25, -0.2) is 0 Å². The van der Waals surface area contributed by atoms with Crippen molar-refractivity contribution in [2.45, 2.75) is 50.9 Å². The number of ether oxygens (including phenoxy) is 1. The summed E-state index contributed by atoms with van der Waals surface area (Å²) < 4.78 is 5.84. The predicted molar refractivity (Wildman–Crippen MR) is 64.5 cm³/mol.